The van der Waals surface area contributed by atoms with Crippen LogP contribution in [0.3, 0.4) is 0 Å². The van der Waals surface area contributed by atoms with Crippen molar-refractivity contribution >= 4 is 27.6 Å². The Balaban J connectivity index is 1.78. The quantitative estimate of drug-likeness (QED) is 0.589. The molecule has 10 heteroatoms. The van der Waals surface area contributed by atoms with Crippen LogP contribution in [0.5, 0.6) is 5.75 Å². The van der Waals surface area contributed by atoms with E-state index in [2.05, 4.69) is 5.32 Å². The van der Waals surface area contributed by atoms with E-state index in [0.29, 0.717) is 12.1 Å². The molecule has 184 valence electrons. The van der Waals surface area contributed by atoms with E-state index in [1.54, 1.807) is 6.92 Å². The van der Waals surface area contributed by atoms with Crippen LogP contribution in [-0.2, 0) is 19.6 Å². The van der Waals surface area contributed by atoms with Crippen LogP contribution in [0.2, 0.25) is 0 Å². The van der Waals surface area contributed by atoms with Crippen LogP contribution in [-0.4, -0.2) is 50.4 Å². The van der Waals surface area contributed by atoms with Gasteiger partial charge in [-0.15, -0.1) is 0 Å². The number of halogens is 1. The van der Waals surface area contributed by atoms with Crippen LogP contribution in [0, 0.1) is 12.7 Å². The molecule has 2 aromatic carbocycles. The first-order chi connectivity index (χ1) is 16.0. The fraction of sp³-hybridized carbons (Fsp3) is 0.417. The Kier molecular flexibility index (Phi) is 7.93. The van der Waals surface area contributed by atoms with Gasteiger partial charge < -0.3 is 14.8 Å². The molecule has 2 atom stereocenters. The van der Waals surface area contributed by atoms with Gasteiger partial charge in [0.05, 0.1) is 12.7 Å². The zero-order valence-corrected chi connectivity index (χ0v) is 20.4. The van der Waals surface area contributed by atoms with Gasteiger partial charge in [-0.1, -0.05) is 12.5 Å². The minimum atomic E-state index is -3.92. The average molecular weight is 493 g/mol. The molecule has 3 rings (SSSR count). The fourth-order valence-electron chi connectivity index (χ4n) is 3.76. The zero-order chi connectivity index (χ0) is 25.0. The molecule has 0 aromatic heterocycles. The third-order valence-electron chi connectivity index (χ3n) is 5.82. The van der Waals surface area contributed by atoms with Gasteiger partial charge in [0.15, 0.2) is 6.10 Å². The van der Waals surface area contributed by atoms with Crippen LogP contribution >= 0.6 is 0 Å². The highest BCUT2D eigenvalue weighted by molar-refractivity contribution is 7.89. The number of amides is 1. The summed E-state index contributed by atoms with van der Waals surface area (Å²) in [6, 6.07) is 8.02. The van der Waals surface area contributed by atoms with Gasteiger partial charge >= 0.3 is 5.97 Å². The molecule has 2 aromatic rings. The Hall–Kier alpha value is -2.98. The van der Waals surface area contributed by atoms with Crippen molar-refractivity contribution in [3.8, 4) is 5.75 Å². The van der Waals surface area contributed by atoms with E-state index < -0.39 is 33.8 Å². The lowest BCUT2D eigenvalue weighted by Crippen LogP contribution is -2.42. The number of piperidine rings is 1. The number of carbonyl (C=O) groups excluding carboxylic acids is 2. The SMILES string of the molecule is COc1ccc(C(=O)O[C@H](C)C(=O)Nc2ccc(C)c(F)c2)cc1S(=O)(=O)N1CCCC[C@H]1C. The van der Waals surface area contributed by atoms with Gasteiger partial charge in [-0.25, -0.2) is 17.6 Å². The molecular weight excluding hydrogens is 463 g/mol. The summed E-state index contributed by atoms with van der Waals surface area (Å²) in [5, 5.41) is 2.49. The molecule has 0 unspecified atom stereocenters. The monoisotopic (exact) mass is 492 g/mol. The van der Waals surface area contributed by atoms with Gasteiger partial charge in [0.25, 0.3) is 5.91 Å². The first-order valence-electron chi connectivity index (χ1n) is 11.0. The van der Waals surface area contributed by atoms with E-state index in [1.165, 1.54) is 54.7 Å². The predicted molar refractivity (Wildman–Crippen MR) is 125 cm³/mol. The van der Waals surface area contributed by atoms with Gasteiger partial charge in [0, 0.05) is 18.3 Å². The summed E-state index contributed by atoms with van der Waals surface area (Å²) in [7, 11) is -2.56. The molecule has 1 aliphatic rings. The predicted octanol–water partition coefficient (Wildman–Crippen LogP) is 3.89. The van der Waals surface area contributed by atoms with Crippen LogP contribution in [0.25, 0.3) is 0 Å². The van der Waals surface area contributed by atoms with E-state index in [0.717, 1.165) is 19.3 Å². The second kappa shape index (κ2) is 10.5. The first kappa shape index (κ1) is 25.6. The van der Waals surface area contributed by atoms with Crippen molar-refractivity contribution in [3.63, 3.8) is 0 Å². The number of nitrogens with zero attached hydrogens (tertiary/aromatic N) is 1. The number of hydrogen-bond acceptors (Lipinski definition) is 6. The van der Waals surface area contributed by atoms with E-state index >= 15 is 0 Å². The second-order valence-corrected chi connectivity index (χ2v) is 10.2. The highest BCUT2D eigenvalue weighted by Crippen LogP contribution is 2.32. The molecule has 8 nitrogen and oxygen atoms in total. The molecule has 0 bridgehead atoms. The number of esters is 1. The number of sulfonamides is 1. The molecule has 34 heavy (non-hydrogen) atoms. The van der Waals surface area contributed by atoms with Crippen molar-refractivity contribution in [1.82, 2.24) is 4.31 Å². The number of hydrogen-bond donors (Lipinski definition) is 1. The van der Waals surface area contributed by atoms with E-state index in [9.17, 15) is 22.4 Å². The van der Waals surface area contributed by atoms with Crippen molar-refractivity contribution in [3.05, 3.63) is 53.3 Å². The number of methoxy groups -OCH3 is 1. The van der Waals surface area contributed by atoms with Crippen molar-refractivity contribution in [1.29, 1.82) is 0 Å². The Morgan fingerprint density at radius 1 is 1.18 bits per heavy atom. The van der Waals surface area contributed by atoms with Gasteiger partial charge in [0.1, 0.15) is 16.5 Å². The van der Waals surface area contributed by atoms with Crippen molar-refractivity contribution in [2.24, 2.45) is 0 Å². The molecule has 1 heterocycles. The molecule has 0 radical (unpaired) electrons. The highest BCUT2D eigenvalue weighted by Gasteiger charge is 2.34. The summed E-state index contributed by atoms with van der Waals surface area (Å²) in [6.07, 6.45) is 1.25. The molecule has 1 aliphatic heterocycles. The van der Waals surface area contributed by atoms with Gasteiger partial charge in [-0.3, -0.25) is 4.79 Å². The fourth-order valence-corrected chi connectivity index (χ4v) is 5.64. The molecule has 0 saturated carbocycles. The van der Waals surface area contributed by atoms with Gasteiger partial charge in [0.2, 0.25) is 10.0 Å². The van der Waals surface area contributed by atoms with Crippen molar-refractivity contribution in [2.45, 2.75) is 57.1 Å². The number of rotatable bonds is 7. The van der Waals surface area contributed by atoms with Crippen molar-refractivity contribution in [2.75, 3.05) is 19.0 Å². The number of nitrogens with one attached hydrogen (secondary N) is 1. The zero-order valence-electron chi connectivity index (χ0n) is 19.6. The summed E-state index contributed by atoms with van der Waals surface area (Å²) < 4.78 is 52.3. The lowest BCUT2D eigenvalue weighted by atomic mass is 10.1. The molecule has 1 fully saturated rings. The maximum absolute atomic E-state index is 13.7. The topological polar surface area (TPSA) is 102 Å². The summed E-state index contributed by atoms with van der Waals surface area (Å²) in [6.45, 7) is 5.20. The largest absolute Gasteiger partial charge is 0.495 e. The third kappa shape index (κ3) is 5.56. The maximum Gasteiger partial charge on any atom is 0.338 e. The van der Waals surface area contributed by atoms with E-state index in [-0.39, 0.29) is 27.9 Å². The summed E-state index contributed by atoms with van der Waals surface area (Å²) in [5.74, 6) is -1.89. The maximum atomic E-state index is 13.7. The van der Waals surface area contributed by atoms with Crippen LogP contribution in [0.4, 0.5) is 10.1 Å². The lowest BCUT2D eigenvalue weighted by molar-refractivity contribution is -0.123. The Morgan fingerprint density at radius 3 is 2.56 bits per heavy atom. The Bertz CT molecular complexity index is 1180. The number of benzene rings is 2. The number of carbonyl (C=O) groups is 2. The number of ether oxygens (including phenoxy) is 2. The third-order valence-corrected chi connectivity index (χ3v) is 7.86. The smallest absolute Gasteiger partial charge is 0.338 e. The normalized spacial score (nSPS) is 17.6. The van der Waals surface area contributed by atoms with Crippen LogP contribution in [0.15, 0.2) is 41.3 Å². The minimum Gasteiger partial charge on any atom is -0.495 e. The summed E-state index contributed by atoms with van der Waals surface area (Å²) in [4.78, 5) is 25.0. The minimum absolute atomic E-state index is 0.0370. The number of anilines is 1. The first-order valence-corrected chi connectivity index (χ1v) is 12.5. The number of aryl methyl sites for hydroxylation is 1. The van der Waals surface area contributed by atoms with E-state index in [1.807, 2.05) is 6.92 Å². The summed E-state index contributed by atoms with van der Waals surface area (Å²) in [5.41, 5.74) is 0.622. The van der Waals surface area contributed by atoms with Crippen LogP contribution < -0.4 is 10.1 Å². The van der Waals surface area contributed by atoms with Crippen LogP contribution in [0.1, 0.15) is 49.0 Å². The van der Waals surface area contributed by atoms with Gasteiger partial charge in [-0.05, 0) is 69.5 Å². The van der Waals surface area contributed by atoms with Gasteiger partial charge in [-0.2, -0.15) is 4.31 Å². The molecular formula is C24H29FN2O6S. The summed E-state index contributed by atoms with van der Waals surface area (Å²) >= 11 is 0. The molecule has 0 aliphatic carbocycles. The average Bonchev–Trinajstić information content (AvgIpc) is 2.81. The lowest BCUT2D eigenvalue weighted by Gasteiger charge is -2.32. The Labute approximate surface area is 199 Å². The highest BCUT2D eigenvalue weighted by atomic mass is 32.2. The second-order valence-electron chi connectivity index (χ2n) is 8.33. The molecule has 1 saturated heterocycles. The van der Waals surface area contributed by atoms with Crippen molar-refractivity contribution < 1.29 is 31.9 Å². The molecule has 0 spiro atoms. The molecule has 1 amide bonds. The van der Waals surface area contributed by atoms with E-state index in [4.69, 9.17) is 9.47 Å². The Morgan fingerprint density at radius 2 is 1.91 bits per heavy atom. The standard InChI is InChI=1S/C24H29FN2O6S/c1-15-8-10-19(14-20(15)25)26-23(28)17(3)33-24(29)18-9-11-21(32-4)22(13-18)34(30,31)27-12-6-5-7-16(27)2/h8-11,13-14,16-17H,5-7,12H2,1-4H3,(H,26,28)/t16-,17-/m1/s1. The molecule has 1 N–H and O–H groups in total.